The lowest BCUT2D eigenvalue weighted by Gasteiger charge is -2.25. The molecule has 1 aliphatic heterocycles. The number of rotatable bonds is 3. The van der Waals surface area contributed by atoms with Crippen molar-refractivity contribution < 1.29 is 14.0 Å². The molecule has 1 N–H and O–H groups in total. The summed E-state index contributed by atoms with van der Waals surface area (Å²) in [5.41, 5.74) is 0.986. The second kappa shape index (κ2) is 5.24. The number of fused-ring (bicyclic) bond motifs is 1. The number of nitrogens with zero attached hydrogens (tertiary/aromatic N) is 2. The molecule has 1 fully saturated rings. The van der Waals surface area contributed by atoms with Crippen molar-refractivity contribution in [3.8, 4) is 0 Å². The molecule has 0 saturated heterocycles. The summed E-state index contributed by atoms with van der Waals surface area (Å²) in [6.07, 6.45) is 4.16. The average Bonchev–Trinajstić information content (AvgIpc) is 3.08. The van der Waals surface area contributed by atoms with Crippen LogP contribution in [0.25, 0.3) is 0 Å². The van der Waals surface area contributed by atoms with Gasteiger partial charge >= 0.3 is 0 Å². The Morgan fingerprint density at radius 3 is 3.00 bits per heavy atom. The Morgan fingerprint density at radius 1 is 1.41 bits per heavy atom. The minimum atomic E-state index is -0.104. The molecule has 2 aromatic heterocycles. The Labute approximate surface area is 131 Å². The fraction of sp³-hybridized carbons (Fsp3) is 0.400. The van der Waals surface area contributed by atoms with Crippen LogP contribution in [0.2, 0.25) is 0 Å². The standard InChI is InChI=1S/C15H15N3O3S/c19-13(9-3-4-9)17-15-16-10-5-6-18(8-12(10)22-15)14(20)11-2-1-7-21-11/h1-2,7,9H,3-6,8H2,(H,16,17,19). The van der Waals surface area contributed by atoms with Crippen molar-refractivity contribution in [3.05, 3.63) is 34.7 Å². The molecule has 6 nitrogen and oxygen atoms in total. The van der Waals surface area contributed by atoms with E-state index in [2.05, 4.69) is 10.3 Å². The highest BCUT2D eigenvalue weighted by molar-refractivity contribution is 7.15. The molecule has 0 aromatic carbocycles. The highest BCUT2D eigenvalue weighted by Crippen LogP contribution is 2.33. The summed E-state index contributed by atoms with van der Waals surface area (Å²) in [5.74, 6) is 0.482. The van der Waals surface area contributed by atoms with E-state index in [4.69, 9.17) is 4.42 Å². The molecule has 0 atom stereocenters. The number of hydrogen-bond acceptors (Lipinski definition) is 5. The van der Waals surface area contributed by atoms with Crippen molar-refractivity contribution in [1.82, 2.24) is 9.88 Å². The van der Waals surface area contributed by atoms with Crippen molar-refractivity contribution in [3.63, 3.8) is 0 Å². The average molecular weight is 317 g/mol. The number of furan rings is 1. The van der Waals surface area contributed by atoms with E-state index >= 15 is 0 Å². The molecule has 1 aliphatic carbocycles. The Morgan fingerprint density at radius 2 is 2.27 bits per heavy atom. The molecule has 7 heteroatoms. The highest BCUT2D eigenvalue weighted by atomic mass is 32.1. The summed E-state index contributed by atoms with van der Waals surface area (Å²) in [4.78, 5) is 31.4. The molecule has 0 spiro atoms. The van der Waals surface area contributed by atoms with Crippen molar-refractivity contribution in [2.24, 2.45) is 5.92 Å². The first-order chi connectivity index (χ1) is 10.7. The maximum absolute atomic E-state index is 12.3. The molecule has 2 aliphatic rings. The number of amides is 2. The number of hydrogen-bond donors (Lipinski definition) is 1. The summed E-state index contributed by atoms with van der Waals surface area (Å²) in [6, 6.07) is 3.38. The van der Waals surface area contributed by atoms with Crippen molar-refractivity contribution in [2.75, 3.05) is 11.9 Å². The SMILES string of the molecule is O=C(Nc1nc2c(s1)CN(C(=O)c1ccco1)CC2)C1CC1. The first kappa shape index (κ1) is 13.5. The van der Waals surface area contributed by atoms with Crippen molar-refractivity contribution in [2.45, 2.75) is 25.8 Å². The maximum atomic E-state index is 12.3. The van der Waals surface area contributed by atoms with Crippen molar-refractivity contribution >= 4 is 28.3 Å². The molecule has 22 heavy (non-hydrogen) atoms. The highest BCUT2D eigenvalue weighted by Gasteiger charge is 2.31. The topological polar surface area (TPSA) is 75.4 Å². The van der Waals surface area contributed by atoms with Gasteiger partial charge in [-0.15, -0.1) is 0 Å². The van der Waals surface area contributed by atoms with E-state index in [1.165, 1.54) is 17.6 Å². The Balaban J connectivity index is 1.47. The van der Waals surface area contributed by atoms with Crippen molar-refractivity contribution in [1.29, 1.82) is 0 Å². The van der Waals surface area contributed by atoms with E-state index < -0.39 is 0 Å². The minimum Gasteiger partial charge on any atom is -0.459 e. The number of aromatic nitrogens is 1. The van der Waals surface area contributed by atoms with Crippen LogP contribution in [0.15, 0.2) is 22.8 Å². The molecule has 1 saturated carbocycles. The van der Waals surface area contributed by atoms with Crippen LogP contribution in [0, 0.1) is 5.92 Å². The molecule has 2 aromatic rings. The summed E-state index contributed by atoms with van der Waals surface area (Å²) < 4.78 is 5.17. The zero-order valence-corrected chi connectivity index (χ0v) is 12.7. The zero-order chi connectivity index (χ0) is 15.1. The second-order valence-electron chi connectivity index (χ2n) is 5.61. The van der Waals surface area contributed by atoms with Gasteiger partial charge in [0.1, 0.15) is 0 Å². The van der Waals surface area contributed by atoms with Gasteiger partial charge in [-0.25, -0.2) is 4.98 Å². The fourth-order valence-corrected chi connectivity index (χ4v) is 3.56. The number of carbonyl (C=O) groups is 2. The number of carbonyl (C=O) groups excluding carboxylic acids is 2. The Hall–Kier alpha value is -2.15. The van der Waals surface area contributed by atoms with Crippen LogP contribution in [-0.2, 0) is 17.8 Å². The van der Waals surface area contributed by atoms with Crippen LogP contribution in [0.5, 0.6) is 0 Å². The first-order valence-corrected chi connectivity index (χ1v) is 8.14. The lowest BCUT2D eigenvalue weighted by atomic mass is 10.1. The third kappa shape index (κ3) is 2.52. The monoisotopic (exact) mass is 317 g/mol. The molecule has 3 heterocycles. The molecular formula is C15H15N3O3S. The summed E-state index contributed by atoms with van der Waals surface area (Å²) in [5, 5.41) is 3.53. The van der Waals surface area contributed by atoms with Gasteiger partial charge in [0, 0.05) is 23.8 Å². The number of anilines is 1. The molecule has 0 bridgehead atoms. The third-order valence-corrected chi connectivity index (χ3v) is 4.93. The van der Waals surface area contributed by atoms with E-state index in [-0.39, 0.29) is 17.7 Å². The predicted octanol–water partition coefficient (Wildman–Crippen LogP) is 2.28. The van der Waals surface area contributed by atoms with Crippen LogP contribution < -0.4 is 5.32 Å². The number of thiazole rings is 1. The molecule has 0 radical (unpaired) electrons. The molecular weight excluding hydrogens is 302 g/mol. The van der Waals surface area contributed by atoms with E-state index in [0.717, 1.165) is 23.4 Å². The maximum Gasteiger partial charge on any atom is 0.289 e. The van der Waals surface area contributed by atoms with E-state index in [1.807, 2.05) is 0 Å². The number of nitrogens with one attached hydrogen (secondary N) is 1. The smallest absolute Gasteiger partial charge is 0.289 e. The van der Waals surface area contributed by atoms with Crippen LogP contribution in [0.1, 0.15) is 34.0 Å². The van der Waals surface area contributed by atoms with Gasteiger partial charge in [0.2, 0.25) is 5.91 Å². The zero-order valence-electron chi connectivity index (χ0n) is 11.9. The van der Waals surface area contributed by atoms with Gasteiger partial charge in [-0.2, -0.15) is 0 Å². The lowest BCUT2D eigenvalue weighted by molar-refractivity contribution is -0.117. The quantitative estimate of drug-likeness (QED) is 0.942. The fourth-order valence-electron chi connectivity index (χ4n) is 2.53. The summed E-state index contributed by atoms with van der Waals surface area (Å²) >= 11 is 1.46. The predicted molar refractivity (Wildman–Crippen MR) is 80.6 cm³/mol. The van der Waals surface area contributed by atoms with Gasteiger partial charge in [0.15, 0.2) is 10.9 Å². The summed E-state index contributed by atoms with van der Waals surface area (Å²) in [7, 11) is 0. The largest absolute Gasteiger partial charge is 0.459 e. The van der Waals surface area contributed by atoms with Gasteiger partial charge in [0.05, 0.1) is 18.5 Å². The second-order valence-corrected chi connectivity index (χ2v) is 6.69. The third-order valence-electron chi connectivity index (χ3n) is 3.93. The normalized spacial score (nSPS) is 17.2. The Kier molecular flexibility index (Phi) is 3.22. The van der Waals surface area contributed by atoms with Gasteiger partial charge in [0.25, 0.3) is 5.91 Å². The Bertz CT molecular complexity index is 718. The van der Waals surface area contributed by atoms with Crippen LogP contribution in [0.4, 0.5) is 5.13 Å². The molecule has 114 valence electrons. The van der Waals surface area contributed by atoms with Gasteiger partial charge in [-0.3, -0.25) is 9.59 Å². The van der Waals surface area contributed by atoms with Crippen LogP contribution in [-0.4, -0.2) is 28.2 Å². The molecule has 4 rings (SSSR count). The minimum absolute atomic E-state index is 0.0645. The first-order valence-electron chi connectivity index (χ1n) is 7.33. The molecule has 0 unspecified atom stereocenters. The molecule has 2 amide bonds. The van der Waals surface area contributed by atoms with E-state index in [9.17, 15) is 9.59 Å². The van der Waals surface area contributed by atoms with E-state index in [0.29, 0.717) is 30.4 Å². The lowest BCUT2D eigenvalue weighted by Crippen LogP contribution is -2.35. The summed E-state index contributed by atoms with van der Waals surface area (Å²) in [6.45, 7) is 1.14. The van der Waals surface area contributed by atoms with Gasteiger partial charge in [-0.1, -0.05) is 11.3 Å². The van der Waals surface area contributed by atoms with Crippen LogP contribution in [0.3, 0.4) is 0 Å². The van der Waals surface area contributed by atoms with Gasteiger partial charge in [-0.05, 0) is 25.0 Å². The van der Waals surface area contributed by atoms with Crippen LogP contribution >= 0.6 is 11.3 Å². The van der Waals surface area contributed by atoms with E-state index in [1.54, 1.807) is 17.0 Å². The van der Waals surface area contributed by atoms with Gasteiger partial charge < -0.3 is 14.6 Å².